The number of nitrogens with one attached hydrogen (secondary N) is 1. The fourth-order valence-corrected chi connectivity index (χ4v) is 2.96. The summed E-state index contributed by atoms with van der Waals surface area (Å²) in [5, 5.41) is 3.58. The predicted octanol–water partition coefficient (Wildman–Crippen LogP) is 3.41. The van der Waals surface area contributed by atoms with Gasteiger partial charge in [0.1, 0.15) is 5.82 Å². The molecule has 1 atom stereocenters. The Balaban J connectivity index is 2.20. The van der Waals surface area contributed by atoms with Gasteiger partial charge in [-0.3, -0.25) is 0 Å². The lowest BCUT2D eigenvalue weighted by molar-refractivity contribution is 0.420. The van der Waals surface area contributed by atoms with Gasteiger partial charge in [0.15, 0.2) is 0 Å². The summed E-state index contributed by atoms with van der Waals surface area (Å²) in [5.41, 5.74) is 1.09. The third-order valence-electron chi connectivity index (χ3n) is 3.48. The second-order valence-corrected chi connectivity index (χ2v) is 6.05. The van der Waals surface area contributed by atoms with E-state index in [0.29, 0.717) is 12.0 Å². The molecule has 0 amide bonds. The molecule has 1 unspecified atom stereocenters. The first-order valence-electron chi connectivity index (χ1n) is 6.51. The van der Waals surface area contributed by atoms with Crippen molar-refractivity contribution in [3.8, 4) is 0 Å². The van der Waals surface area contributed by atoms with Gasteiger partial charge in [-0.05, 0) is 53.0 Å². The zero-order chi connectivity index (χ0) is 13.1. The summed E-state index contributed by atoms with van der Waals surface area (Å²) in [5.74, 6) is 0.406. The van der Waals surface area contributed by atoms with Crippen molar-refractivity contribution in [2.45, 2.75) is 26.3 Å². The Morgan fingerprint density at radius 3 is 2.89 bits per heavy atom. The van der Waals surface area contributed by atoms with E-state index in [2.05, 4.69) is 40.0 Å². The molecule has 1 saturated heterocycles. The molecule has 2 rings (SSSR count). The minimum Gasteiger partial charge on any atom is -0.369 e. The number of hydrogen-bond acceptors (Lipinski definition) is 2. The molecule has 0 spiro atoms. The first-order chi connectivity index (χ1) is 8.58. The SMILES string of the molecule is CC(C)C1CN(c2ccc(F)cc2Br)CCCN1. The number of hydrogen-bond donors (Lipinski definition) is 1. The average molecular weight is 315 g/mol. The van der Waals surface area contributed by atoms with Gasteiger partial charge in [-0.15, -0.1) is 0 Å². The fraction of sp³-hybridized carbons (Fsp3) is 0.571. The van der Waals surface area contributed by atoms with Crippen LogP contribution in [0.2, 0.25) is 0 Å². The minimum atomic E-state index is -0.195. The van der Waals surface area contributed by atoms with E-state index in [1.807, 2.05) is 6.07 Å². The number of halogens is 2. The Labute approximate surface area is 117 Å². The van der Waals surface area contributed by atoms with Gasteiger partial charge in [0.25, 0.3) is 0 Å². The molecule has 4 heteroatoms. The van der Waals surface area contributed by atoms with Crippen molar-refractivity contribution < 1.29 is 4.39 Å². The summed E-state index contributed by atoms with van der Waals surface area (Å²) in [6.45, 7) is 7.52. The van der Waals surface area contributed by atoms with Crippen LogP contribution in [0.4, 0.5) is 10.1 Å². The number of anilines is 1. The van der Waals surface area contributed by atoms with E-state index in [4.69, 9.17) is 0 Å². The van der Waals surface area contributed by atoms with E-state index in [9.17, 15) is 4.39 Å². The van der Waals surface area contributed by atoms with Crippen LogP contribution >= 0.6 is 15.9 Å². The molecule has 100 valence electrons. The molecule has 0 radical (unpaired) electrons. The molecule has 0 aromatic heterocycles. The zero-order valence-electron chi connectivity index (χ0n) is 10.9. The van der Waals surface area contributed by atoms with Crippen LogP contribution in [0.1, 0.15) is 20.3 Å². The van der Waals surface area contributed by atoms with Gasteiger partial charge in [-0.2, -0.15) is 0 Å². The maximum atomic E-state index is 13.1. The molecule has 1 aromatic rings. The standard InChI is InChI=1S/C14H20BrFN2/c1-10(2)13-9-18(7-3-6-17-13)14-5-4-11(16)8-12(14)15/h4-5,8,10,13,17H,3,6-7,9H2,1-2H3. The Hall–Kier alpha value is -0.610. The first-order valence-corrected chi connectivity index (χ1v) is 7.30. The smallest absolute Gasteiger partial charge is 0.124 e. The van der Waals surface area contributed by atoms with Gasteiger partial charge < -0.3 is 10.2 Å². The van der Waals surface area contributed by atoms with Crippen molar-refractivity contribution in [1.82, 2.24) is 5.32 Å². The van der Waals surface area contributed by atoms with Crippen LogP contribution in [0.25, 0.3) is 0 Å². The molecule has 18 heavy (non-hydrogen) atoms. The van der Waals surface area contributed by atoms with Gasteiger partial charge in [-0.25, -0.2) is 4.39 Å². The molecular formula is C14H20BrFN2. The molecule has 1 heterocycles. The van der Waals surface area contributed by atoms with Crippen molar-refractivity contribution in [1.29, 1.82) is 0 Å². The molecule has 0 aliphatic carbocycles. The van der Waals surface area contributed by atoms with E-state index < -0.39 is 0 Å². The number of nitrogens with zero attached hydrogens (tertiary/aromatic N) is 1. The lowest BCUT2D eigenvalue weighted by Crippen LogP contribution is -2.41. The zero-order valence-corrected chi connectivity index (χ0v) is 12.5. The molecule has 1 aliphatic heterocycles. The monoisotopic (exact) mass is 314 g/mol. The van der Waals surface area contributed by atoms with E-state index in [0.717, 1.165) is 36.2 Å². The Bertz CT molecular complexity index is 409. The van der Waals surface area contributed by atoms with Gasteiger partial charge >= 0.3 is 0 Å². The van der Waals surface area contributed by atoms with Gasteiger partial charge in [0, 0.05) is 23.6 Å². The second-order valence-electron chi connectivity index (χ2n) is 5.20. The molecule has 1 aliphatic rings. The van der Waals surface area contributed by atoms with Crippen LogP contribution in [0.3, 0.4) is 0 Å². The topological polar surface area (TPSA) is 15.3 Å². The van der Waals surface area contributed by atoms with E-state index >= 15 is 0 Å². The second kappa shape index (κ2) is 6.02. The average Bonchev–Trinajstić information content (AvgIpc) is 2.54. The van der Waals surface area contributed by atoms with Crippen molar-refractivity contribution in [3.63, 3.8) is 0 Å². The number of benzene rings is 1. The Morgan fingerprint density at radius 2 is 2.22 bits per heavy atom. The lowest BCUT2D eigenvalue weighted by atomic mass is 10.0. The molecule has 1 aromatic carbocycles. The fourth-order valence-electron chi connectivity index (χ4n) is 2.35. The number of rotatable bonds is 2. The third kappa shape index (κ3) is 3.23. The van der Waals surface area contributed by atoms with Gasteiger partial charge in [-0.1, -0.05) is 13.8 Å². The van der Waals surface area contributed by atoms with Crippen LogP contribution in [0, 0.1) is 11.7 Å². The molecule has 2 nitrogen and oxygen atoms in total. The molecule has 0 bridgehead atoms. The highest BCUT2D eigenvalue weighted by Gasteiger charge is 2.21. The van der Waals surface area contributed by atoms with Crippen LogP contribution in [-0.2, 0) is 0 Å². The van der Waals surface area contributed by atoms with Crippen molar-refractivity contribution in [2.24, 2.45) is 5.92 Å². The summed E-state index contributed by atoms with van der Waals surface area (Å²) in [4.78, 5) is 2.34. The predicted molar refractivity (Wildman–Crippen MR) is 77.6 cm³/mol. The third-order valence-corrected chi connectivity index (χ3v) is 4.12. The quantitative estimate of drug-likeness (QED) is 0.900. The van der Waals surface area contributed by atoms with Crippen molar-refractivity contribution in [2.75, 3.05) is 24.5 Å². The summed E-state index contributed by atoms with van der Waals surface area (Å²) >= 11 is 3.46. The largest absolute Gasteiger partial charge is 0.369 e. The maximum Gasteiger partial charge on any atom is 0.124 e. The summed E-state index contributed by atoms with van der Waals surface area (Å²) in [6.07, 6.45) is 1.12. The van der Waals surface area contributed by atoms with E-state index in [1.165, 1.54) is 12.1 Å². The summed E-state index contributed by atoms with van der Waals surface area (Å²) in [6, 6.07) is 5.42. The van der Waals surface area contributed by atoms with E-state index in [1.54, 1.807) is 0 Å². The maximum absolute atomic E-state index is 13.1. The van der Waals surface area contributed by atoms with Crippen LogP contribution < -0.4 is 10.2 Å². The Morgan fingerprint density at radius 1 is 1.44 bits per heavy atom. The van der Waals surface area contributed by atoms with Gasteiger partial charge in [0.2, 0.25) is 0 Å². The first kappa shape index (κ1) is 13.8. The normalized spacial score (nSPS) is 21.2. The summed E-state index contributed by atoms with van der Waals surface area (Å²) < 4.78 is 14.0. The highest BCUT2D eigenvalue weighted by Crippen LogP contribution is 2.28. The van der Waals surface area contributed by atoms with E-state index in [-0.39, 0.29) is 5.82 Å². The highest BCUT2D eigenvalue weighted by atomic mass is 79.9. The molecule has 0 saturated carbocycles. The molecule has 1 N–H and O–H groups in total. The molecule has 1 fully saturated rings. The minimum absolute atomic E-state index is 0.195. The van der Waals surface area contributed by atoms with Crippen LogP contribution in [0.5, 0.6) is 0 Å². The molecular weight excluding hydrogens is 295 g/mol. The van der Waals surface area contributed by atoms with Crippen LogP contribution in [-0.4, -0.2) is 25.7 Å². The van der Waals surface area contributed by atoms with Crippen LogP contribution in [0.15, 0.2) is 22.7 Å². The Kier molecular flexibility index (Phi) is 4.62. The lowest BCUT2D eigenvalue weighted by Gasteiger charge is -2.29. The van der Waals surface area contributed by atoms with Crippen molar-refractivity contribution in [3.05, 3.63) is 28.5 Å². The summed E-state index contributed by atoms with van der Waals surface area (Å²) in [7, 11) is 0. The highest BCUT2D eigenvalue weighted by molar-refractivity contribution is 9.10. The van der Waals surface area contributed by atoms with Crippen molar-refractivity contribution >= 4 is 21.6 Å². The van der Waals surface area contributed by atoms with Gasteiger partial charge in [0.05, 0.1) is 5.69 Å².